The fourth-order valence-corrected chi connectivity index (χ4v) is 0.890. The number of nitriles is 1. The van der Waals surface area contributed by atoms with E-state index < -0.39 is 5.41 Å². The number of ketones is 1. The van der Waals surface area contributed by atoms with Crippen LogP contribution in [0.4, 0.5) is 0 Å². The minimum absolute atomic E-state index is 0.0859. The first kappa shape index (κ1) is 10.2. The van der Waals surface area contributed by atoms with E-state index in [9.17, 15) is 4.79 Å². The van der Waals surface area contributed by atoms with Gasteiger partial charge in [-0.3, -0.25) is 4.79 Å². The summed E-state index contributed by atoms with van der Waals surface area (Å²) in [6.07, 6.45) is 0.362. The fraction of sp³-hybridized carbons (Fsp3) is 0.778. The molecular weight excluding hydrogens is 138 g/mol. The standard InChI is InChI=1S/C9H15NO/c1-7(2)9(4,6-10)5-8(3)11/h7H,5H2,1-4H3. The van der Waals surface area contributed by atoms with Crippen LogP contribution >= 0.6 is 0 Å². The van der Waals surface area contributed by atoms with Crippen molar-refractivity contribution in [3.05, 3.63) is 0 Å². The Labute approximate surface area is 68.2 Å². The van der Waals surface area contributed by atoms with Crippen molar-refractivity contribution in [3.63, 3.8) is 0 Å². The van der Waals surface area contributed by atoms with Crippen LogP contribution in [0.25, 0.3) is 0 Å². The van der Waals surface area contributed by atoms with E-state index in [1.165, 1.54) is 6.92 Å². The lowest BCUT2D eigenvalue weighted by atomic mass is 9.77. The Morgan fingerprint density at radius 1 is 1.64 bits per heavy atom. The molecule has 0 amide bonds. The third-order valence-electron chi connectivity index (χ3n) is 2.15. The number of hydrogen-bond acceptors (Lipinski definition) is 2. The average molecular weight is 153 g/mol. The topological polar surface area (TPSA) is 40.9 Å². The molecule has 0 aromatic carbocycles. The maximum absolute atomic E-state index is 10.8. The zero-order valence-electron chi connectivity index (χ0n) is 7.64. The van der Waals surface area contributed by atoms with Crippen LogP contribution in [0, 0.1) is 22.7 Å². The Morgan fingerprint density at radius 3 is 2.18 bits per heavy atom. The Kier molecular flexibility index (Phi) is 3.25. The van der Waals surface area contributed by atoms with Gasteiger partial charge in [0.05, 0.1) is 11.5 Å². The lowest BCUT2D eigenvalue weighted by molar-refractivity contribution is -0.118. The van der Waals surface area contributed by atoms with Gasteiger partial charge in [0, 0.05) is 6.42 Å². The van der Waals surface area contributed by atoms with Crippen molar-refractivity contribution < 1.29 is 4.79 Å². The van der Waals surface area contributed by atoms with Crippen LogP contribution in [0.1, 0.15) is 34.1 Å². The van der Waals surface area contributed by atoms with Gasteiger partial charge in [-0.1, -0.05) is 13.8 Å². The molecule has 0 radical (unpaired) electrons. The average Bonchev–Trinajstić information content (AvgIpc) is 1.86. The molecule has 1 unspecified atom stereocenters. The number of Topliss-reactive ketones (excluding diaryl/α,β-unsaturated/α-hetero) is 1. The van der Waals surface area contributed by atoms with Gasteiger partial charge < -0.3 is 0 Å². The molecule has 0 spiro atoms. The lowest BCUT2D eigenvalue weighted by Gasteiger charge is -2.24. The summed E-state index contributed by atoms with van der Waals surface area (Å²) in [6.45, 7) is 7.29. The molecule has 1 atom stereocenters. The molecule has 0 saturated carbocycles. The van der Waals surface area contributed by atoms with Gasteiger partial charge in [-0.25, -0.2) is 0 Å². The highest BCUT2D eigenvalue weighted by molar-refractivity contribution is 5.76. The van der Waals surface area contributed by atoms with Crippen LogP contribution in [0.5, 0.6) is 0 Å². The van der Waals surface area contributed by atoms with Crippen molar-refractivity contribution in [3.8, 4) is 6.07 Å². The van der Waals surface area contributed by atoms with E-state index in [0.29, 0.717) is 6.42 Å². The SMILES string of the molecule is CC(=O)CC(C)(C#N)C(C)C. The molecule has 0 aliphatic heterocycles. The molecule has 0 aromatic heterocycles. The second kappa shape index (κ2) is 3.52. The van der Waals surface area contributed by atoms with E-state index in [1.54, 1.807) is 0 Å². The fourth-order valence-electron chi connectivity index (χ4n) is 0.890. The van der Waals surface area contributed by atoms with Crippen molar-refractivity contribution in [1.82, 2.24) is 0 Å². The predicted octanol–water partition coefficient (Wildman–Crippen LogP) is 2.15. The Bertz CT molecular complexity index is 190. The first-order chi connectivity index (χ1) is 4.92. The zero-order chi connectivity index (χ0) is 9.07. The van der Waals surface area contributed by atoms with Gasteiger partial charge in [0.25, 0.3) is 0 Å². The molecule has 62 valence electrons. The molecule has 0 heterocycles. The minimum Gasteiger partial charge on any atom is -0.300 e. The quantitative estimate of drug-likeness (QED) is 0.623. The van der Waals surface area contributed by atoms with Gasteiger partial charge in [-0.2, -0.15) is 5.26 Å². The molecule has 2 nitrogen and oxygen atoms in total. The zero-order valence-corrected chi connectivity index (χ0v) is 7.64. The Balaban J connectivity index is 4.38. The summed E-state index contributed by atoms with van der Waals surface area (Å²) in [7, 11) is 0. The maximum Gasteiger partial charge on any atom is 0.131 e. The van der Waals surface area contributed by atoms with Crippen LogP contribution in [-0.2, 0) is 4.79 Å². The number of nitrogens with zero attached hydrogens (tertiary/aromatic N) is 1. The van der Waals surface area contributed by atoms with Gasteiger partial charge in [-0.05, 0) is 19.8 Å². The maximum atomic E-state index is 10.8. The monoisotopic (exact) mass is 153 g/mol. The van der Waals surface area contributed by atoms with Crippen LogP contribution in [0.2, 0.25) is 0 Å². The first-order valence-electron chi connectivity index (χ1n) is 3.83. The normalized spacial score (nSPS) is 15.6. The summed E-state index contributed by atoms with van der Waals surface area (Å²) >= 11 is 0. The van der Waals surface area contributed by atoms with Crippen LogP contribution < -0.4 is 0 Å². The number of carbonyl (C=O) groups excluding carboxylic acids is 1. The summed E-state index contributed by atoms with van der Waals surface area (Å²) in [4.78, 5) is 10.8. The van der Waals surface area contributed by atoms with Gasteiger partial charge in [-0.15, -0.1) is 0 Å². The summed E-state index contributed by atoms with van der Waals surface area (Å²) in [5.74, 6) is 0.319. The third kappa shape index (κ3) is 2.71. The lowest BCUT2D eigenvalue weighted by Crippen LogP contribution is -2.23. The molecule has 0 saturated heterocycles. The van der Waals surface area contributed by atoms with Gasteiger partial charge in [0.1, 0.15) is 5.78 Å². The molecule has 0 bridgehead atoms. The molecule has 0 aliphatic carbocycles. The number of rotatable bonds is 3. The van der Waals surface area contributed by atoms with Crippen LogP contribution in [0.15, 0.2) is 0 Å². The van der Waals surface area contributed by atoms with Crippen molar-refractivity contribution in [1.29, 1.82) is 5.26 Å². The second-order valence-corrected chi connectivity index (χ2v) is 3.56. The van der Waals surface area contributed by atoms with Crippen molar-refractivity contribution in [2.45, 2.75) is 34.1 Å². The van der Waals surface area contributed by atoms with E-state index in [-0.39, 0.29) is 11.7 Å². The summed E-state index contributed by atoms with van der Waals surface area (Å²) < 4.78 is 0. The molecule has 0 rings (SSSR count). The van der Waals surface area contributed by atoms with Crippen molar-refractivity contribution in [2.75, 3.05) is 0 Å². The minimum atomic E-state index is -0.480. The number of carbonyl (C=O) groups is 1. The predicted molar refractivity (Wildman–Crippen MR) is 43.9 cm³/mol. The van der Waals surface area contributed by atoms with Crippen molar-refractivity contribution >= 4 is 5.78 Å². The summed E-state index contributed by atoms with van der Waals surface area (Å²) in [6, 6.07) is 2.19. The molecule has 11 heavy (non-hydrogen) atoms. The largest absolute Gasteiger partial charge is 0.300 e. The molecule has 0 aliphatic rings. The summed E-state index contributed by atoms with van der Waals surface area (Å²) in [5, 5.41) is 8.80. The number of hydrogen-bond donors (Lipinski definition) is 0. The van der Waals surface area contributed by atoms with Gasteiger partial charge in [0.2, 0.25) is 0 Å². The van der Waals surface area contributed by atoms with E-state index in [1.807, 2.05) is 20.8 Å². The first-order valence-corrected chi connectivity index (χ1v) is 3.83. The van der Waals surface area contributed by atoms with Crippen LogP contribution in [0.3, 0.4) is 0 Å². The van der Waals surface area contributed by atoms with E-state index in [2.05, 4.69) is 6.07 Å². The van der Waals surface area contributed by atoms with Crippen molar-refractivity contribution in [2.24, 2.45) is 11.3 Å². The Hall–Kier alpha value is -0.840. The highest BCUT2D eigenvalue weighted by atomic mass is 16.1. The highest BCUT2D eigenvalue weighted by Crippen LogP contribution is 2.29. The van der Waals surface area contributed by atoms with E-state index in [4.69, 9.17) is 5.26 Å². The second-order valence-electron chi connectivity index (χ2n) is 3.56. The molecule has 2 heteroatoms. The van der Waals surface area contributed by atoms with Gasteiger partial charge in [0.15, 0.2) is 0 Å². The molecule has 0 fully saturated rings. The molecule has 0 aromatic rings. The van der Waals surface area contributed by atoms with Gasteiger partial charge >= 0.3 is 0 Å². The van der Waals surface area contributed by atoms with Crippen LogP contribution in [-0.4, -0.2) is 5.78 Å². The summed E-state index contributed by atoms with van der Waals surface area (Å²) in [5.41, 5.74) is -0.480. The Morgan fingerprint density at radius 2 is 2.09 bits per heavy atom. The highest BCUT2D eigenvalue weighted by Gasteiger charge is 2.29. The smallest absolute Gasteiger partial charge is 0.131 e. The van der Waals surface area contributed by atoms with E-state index in [0.717, 1.165) is 0 Å². The third-order valence-corrected chi connectivity index (χ3v) is 2.15. The van der Waals surface area contributed by atoms with E-state index >= 15 is 0 Å². The molecular formula is C9H15NO. The molecule has 0 N–H and O–H groups in total.